The Morgan fingerprint density at radius 1 is 1.40 bits per heavy atom. The molecular formula is C16H25NO2S. The lowest BCUT2D eigenvalue weighted by Crippen LogP contribution is -2.23. The molecule has 1 aliphatic rings. The lowest BCUT2D eigenvalue weighted by Gasteiger charge is -2.24. The maximum absolute atomic E-state index is 6.10. The molecule has 0 bridgehead atoms. The number of hydrogen-bond donors (Lipinski definition) is 1. The van der Waals surface area contributed by atoms with Gasteiger partial charge in [0.05, 0.1) is 7.11 Å². The van der Waals surface area contributed by atoms with Crippen LogP contribution in [0.1, 0.15) is 37.7 Å². The van der Waals surface area contributed by atoms with Gasteiger partial charge in [0.15, 0.2) is 11.5 Å². The first-order valence-electron chi connectivity index (χ1n) is 7.37. The molecule has 2 atom stereocenters. The van der Waals surface area contributed by atoms with Crippen LogP contribution >= 0.6 is 11.8 Å². The zero-order valence-corrected chi connectivity index (χ0v) is 13.2. The van der Waals surface area contributed by atoms with Crippen LogP contribution < -0.4 is 15.2 Å². The van der Waals surface area contributed by atoms with E-state index in [1.807, 2.05) is 17.8 Å². The Morgan fingerprint density at radius 2 is 2.25 bits per heavy atom. The largest absolute Gasteiger partial charge is 0.493 e. The van der Waals surface area contributed by atoms with Gasteiger partial charge in [-0.1, -0.05) is 13.0 Å². The molecule has 2 rings (SSSR count). The number of benzene rings is 1. The van der Waals surface area contributed by atoms with E-state index in [4.69, 9.17) is 15.2 Å². The summed E-state index contributed by atoms with van der Waals surface area (Å²) in [5, 5.41) is 0. The number of ether oxygens (including phenoxy) is 2. The lowest BCUT2D eigenvalue weighted by atomic mass is 9.97. The normalized spacial score (nSPS) is 20.4. The average molecular weight is 295 g/mol. The maximum atomic E-state index is 6.10. The molecule has 1 fully saturated rings. The molecule has 0 amide bonds. The second kappa shape index (κ2) is 7.79. The molecule has 1 aliphatic heterocycles. The van der Waals surface area contributed by atoms with Gasteiger partial charge in [-0.2, -0.15) is 11.8 Å². The van der Waals surface area contributed by atoms with Gasteiger partial charge >= 0.3 is 0 Å². The van der Waals surface area contributed by atoms with Gasteiger partial charge in [0.2, 0.25) is 0 Å². The summed E-state index contributed by atoms with van der Waals surface area (Å²) in [6.07, 6.45) is 3.68. The Bertz CT molecular complexity index is 419. The topological polar surface area (TPSA) is 44.5 Å². The second-order valence-corrected chi connectivity index (χ2v) is 6.50. The summed E-state index contributed by atoms with van der Waals surface area (Å²) in [4.78, 5) is 0. The van der Waals surface area contributed by atoms with Crippen molar-refractivity contribution < 1.29 is 9.47 Å². The van der Waals surface area contributed by atoms with E-state index < -0.39 is 0 Å². The summed E-state index contributed by atoms with van der Waals surface area (Å²) >= 11 is 1.97. The van der Waals surface area contributed by atoms with Crippen molar-refractivity contribution in [1.82, 2.24) is 0 Å². The van der Waals surface area contributed by atoms with E-state index in [0.717, 1.165) is 30.1 Å². The molecule has 1 heterocycles. The second-order valence-electron chi connectivity index (χ2n) is 5.35. The minimum absolute atomic E-state index is 0.315. The van der Waals surface area contributed by atoms with Crippen LogP contribution in [0.3, 0.4) is 0 Å². The highest BCUT2D eigenvalue weighted by molar-refractivity contribution is 7.99. The Morgan fingerprint density at radius 3 is 2.90 bits per heavy atom. The molecule has 4 heteroatoms. The van der Waals surface area contributed by atoms with E-state index in [1.54, 1.807) is 7.11 Å². The van der Waals surface area contributed by atoms with Crippen molar-refractivity contribution in [3.05, 3.63) is 23.8 Å². The molecule has 0 aromatic heterocycles. The Hall–Kier alpha value is -0.870. The van der Waals surface area contributed by atoms with Crippen LogP contribution in [0, 0.1) is 0 Å². The van der Waals surface area contributed by atoms with Gasteiger partial charge in [-0.3, -0.25) is 0 Å². The Labute approximate surface area is 126 Å². The van der Waals surface area contributed by atoms with Crippen LogP contribution in [0.15, 0.2) is 18.2 Å². The van der Waals surface area contributed by atoms with Gasteiger partial charge in [-0.15, -0.1) is 0 Å². The van der Waals surface area contributed by atoms with E-state index in [2.05, 4.69) is 19.1 Å². The molecule has 20 heavy (non-hydrogen) atoms. The van der Waals surface area contributed by atoms with E-state index in [-0.39, 0.29) is 0 Å². The predicted molar refractivity (Wildman–Crippen MR) is 86.1 cm³/mol. The summed E-state index contributed by atoms with van der Waals surface area (Å²) in [6.45, 7) is 2.90. The third-order valence-corrected chi connectivity index (χ3v) is 4.95. The first-order valence-corrected chi connectivity index (χ1v) is 8.52. The van der Waals surface area contributed by atoms with E-state index in [9.17, 15) is 0 Å². The zero-order chi connectivity index (χ0) is 14.4. The third-order valence-electron chi connectivity index (χ3n) is 3.77. The van der Waals surface area contributed by atoms with Gasteiger partial charge in [0.25, 0.3) is 0 Å². The van der Waals surface area contributed by atoms with Crippen LogP contribution in [0.2, 0.25) is 0 Å². The fraction of sp³-hybridized carbons (Fsp3) is 0.625. The summed E-state index contributed by atoms with van der Waals surface area (Å²) in [5.41, 5.74) is 6.89. The zero-order valence-electron chi connectivity index (χ0n) is 12.4. The van der Waals surface area contributed by atoms with Crippen LogP contribution in [0.25, 0.3) is 0 Å². The van der Waals surface area contributed by atoms with Gasteiger partial charge in [-0.25, -0.2) is 0 Å². The first-order chi connectivity index (χ1) is 9.74. The number of thioether (sulfide) groups is 1. The first kappa shape index (κ1) is 15.5. The molecule has 112 valence electrons. The fourth-order valence-corrected chi connectivity index (χ4v) is 3.52. The lowest BCUT2D eigenvalue weighted by molar-refractivity contribution is 0.202. The minimum atomic E-state index is 0.315. The summed E-state index contributed by atoms with van der Waals surface area (Å²) < 4.78 is 11.6. The molecule has 2 unspecified atom stereocenters. The van der Waals surface area contributed by atoms with Gasteiger partial charge < -0.3 is 15.2 Å². The van der Waals surface area contributed by atoms with Crippen LogP contribution in [0.5, 0.6) is 11.5 Å². The number of hydrogen-bond acceptors (Lipinski definition) is 4. The third kappa shape index (κ3) is 4.06. The summed E-state index contributed by atoms with van der Waals surface area (Å²) in [5.74, 6) is 4.49. The number of nitrogens with two attached hydrogens (primary N) is 1. The monoisotopic (exact) mass is 295 g/mol. The molecule has 3 nitrogen and oxygen atoms in total. The van der Waals surface area contributed by atoms with Crippen molar-refractivity contribution in [2.45, 2.75) is 38.2 Å². The molecule has 0 spiro atoms. The van der Waals surface area contributed by atoms with E-state index in [0.29, 0.717) is 18.6 Å². The van der Waals surface area contributed by atoms with Crippen molar-refractivity contribution >= 4 is 11.8 Å². The Balaban J connectivity index is 2.08. The van der Waals surface area contributed by atoms with Crippen molar-refractivity contribution in [3.63, 3.8) is 0 Å². The molecule has 1 saturated heterocycles. The van der Waals surface area contributed by atoms with Crippen molar-refractivity contribution in [2.24, 2.45) is 5.73 Å². The highest BCUT2D eigenvalue weighted by atomic mass is 32.2. The van der Waals surface area contributed by atoms with Crippen molar-refractivity contribution in [1.29, 1.82) is 0 Å². The predicted octanol–water partition coefficient (Wildman–Crippen LogP) is 3.42. The van der Waals surface area contributed by atoms with Crippen LogP contribution in [-0.2, 0) is 0 Å². The highest BCUT2D eigenvalue weighted by Gasteiger charge is 2.18. The van der Waals surface area contributed by atoms with Crippen molar-refractivity contribution in [2.75, 3.05) is 25.2 Å². The van der Waals surface area contributed by atoms with E-state index in [1.165, 1.54) is 17.7 Å². The smallest absolute Gasteiger partial charge is 0.161 e. The molecule has 0 aliphatic carbocycles. The fourth-order valence-electron chi connectivity index (χ4n) is 2.49. The number of rotatable bonds is 6. The molecule has 0 radical (unpaired) electrons. The van der Waals surface area contributed by atoms with Gasteiger partial charge in [-0.05, 0) is 55.2 Å². The molecule has 0 saturated carbocycles. The quantitative estimate of drug-likeness (QED) is 0.873. The van der Waals surface area contributed by atoms with Crippen molar-refractivity contribution in [3.8, 4) is 11.5 Å². The Kier molecular flexibility index (Phi) is 6.05. The van der Waals surface area contributed by atoms with Gasteiger partial charge in [0.1, 0.15) is 6.10 Å². The van der Waals surface area contributed by atoms with Crippen LogP contribution in [-0.4, -0.2) is 31.3 Å². The van der Waals surface area contributed by atoms with E-state index >= 15 is 0 Å². The maximum Gasteiger partial charge on any atom is 0.161 e. The summed E-state index contributed by atoms with van der Waals surface area (Å²) in [6, 6.07) is 6.26. The number of methoxy groups -OCH3 is 1. The molecular weight excluding hydrogens is 270 g/mol. The SMILES string of the molecule is COc1cc(C(C)CCN)ccc1OC1CCCSC1. The highest BCUT2D eigenvalue weighted by Crippen LogP contribution is 2.33. The molecule has 2 N–H and O–H groups in total. The van der Waals surface area contributed by atoms with Gasteiger partial charge in [0, 0.05) is 5.75 Å². The molecule has 1 aromatic rings. The van der Waals surface area contributed by atoms with Crippen LogP contribution in [0.4, 0.5) is 0 Å². The standard InChI is InChI=1S/C16H25NO2S/c1-12(7-8-17)13-5-6-15(16(10-13)18-2)19-14-4-3-9-20-11-14/h5-6,10,12,14H,3-4,7-9,11,17H2,1-2H3. The molecule has 1 aromatic carbocycles. The minimum Gasteiger partial charge on any atom is -0.493 e. The summed E-state index contributed by atoms with van der Waals surface area (Å²) in [7, 11) is 1.70. The average Bonchev–Trinajstić information content (AvgIpc) is 2.49.